The summed E-state index contributed by atoms with van der Waals surface area (Å²) in [5.74, 6) is -1.55. The van der Waals surface area contributed by atoms with E-state index in [0.717, 1.165) is 0 Å². The number of imide groups is 1. The van der Waals surface area contributed by atoms with Gasteiger partial charge < -0.3 is 5.32 Å². The summed E-state index contributed by atoms with van der Waals surface area (Å²) in [5, 5.41) is 5.41. The molecule has 0 bridgehead atoms. The zero-order valence-electron chi connectivity index (χ0n) is 15.7. The van der Waals surface area contributed by atoms with E-state index in [1.165, 1.54) is 40.7 Å². The van der Waals surface area contributed by atoms with Crippen LogP contribution < -0.4 is 10.6 Å². The van der Waals surface area contributed by atoms with Crippen LogP contribution in [0.5, 0.6) is 0 Å². The molecule has 2 aromatic rings. The Morgan fingerprint density at radius 1 is 1.00 bits per heavy atom. The van der Waals surface area contributed by atoms with Crippen molar-refractivity contribution in [1.82, 2.24) is 9.62 Å². The lowest BCUT2D eigenvalue weighted by molar-refractivity contribution is -0.120. The van der Waals surface area contributed by atoms with E-state index in [4.69, 9.17) is 11.6 Å². The topological polar surface area (TPSA) is 113 Å². The number of sulfonamides is 1. The Hall–Kier alpha value is -2.75. The van der Waals surface area contributed by atoms with Gasteiger partial charge in [-0.1, -0.05) is 11.6 Å². The summed E-state index contributed by atoms with van der Waals surface area (Å²) in [4.78, 5) is 36.2. The van der Waals surface area contributed by atoms with E-state index in [2.05, 4.69) is 10.6 Å². The van der Waals surface area contributed by atoms with Crippen LogP contribution in [-0.4, -0.2) is 43.5 Å². The van der Waals surface area contributed by atoms with Crippen LogP contribution in [0.15, 0.2) is 47.4 Å². The quantitative estimate of drug-likeness (QED) is 0.698. The van der Waals surface area contributed by atoms with Crippen LogP contribution in [0.3, 0.4) is 0 Å². The maximum absolute atomic E-state index is 12.7. The van der Waals surface area contributed by atoms with Gasteiger partial charge in [-0.2, -0.15) is 4.31 Å². The number of halogens is 1. The fourth-order valence-electron chi connectivity index (χ4n) is 3.60. The van der Waals surface area contributed by atoms with Crippen molar-refractivity contribution in [2.24, 2.45) is 5.92 Å². The lowest BCUT2D eigenvalue weighted by Crippen LogP contribution is -2.41. The van der Waals surface area contributed by atoms with E-state index >= 15 is 0 Å². The van der Waals surface area contributed by atoms with Gasteiger partial charge in [-0.3, -0.25) is 19.7 Å². The van der Waals surface area contributed by atoms with Crippen LogP contribution >= 0.6 is 11.6 Å². The number of carbonyl (C=O) groups excluding carboxylic acids is 3. The number of hydrogen-bond donors (Lipinski definition) is 2. The Bertz CT molecular complexity index is 1140. The van der Waals surface area contributed by atoms with Gasteiger partial charge in [0.2, 0.25) is 15.9 Å². The van der Waals surface area contributed by atoms with Crippen molar-refractivity contribution in [1.29, 1.82) is 0 Å². The maximum Gasteiger partial charge on any atom is 0.259 e. The number of benzene rings is 2. The normalized spacial score (nSPS) is 17.5. The number of rotatable bonds is 4. The zero-order chi connectivity index (χ0) is 21.5. The molecule has 0 aromatic heterocycles. The molecule has 0 aliphatic carbocycles. The summed E-state index contributed by atoms with van der Waals surface area (Å²) in [7, 11) is -3.64. The first-order valence-electron chi connectivity index (χ1n) is 9.32. The number of nitrogens with one attached hydrogen (secondary N) is 2. The van der Waals surface area contributed by atoms with Crippen LogP contribution in [-0.2, 0) is 14.8 Å². The first-order valence-corrected chi connectivity index (χ1v) is 11.1. The highest BCUT2D eigenvalue weighted by Crippen LogP contribution is 2.26. The van der Waals surface area contributed by atoms with Crippen LogP contribution in [0.1, 0.15) is 33.6 Å². The van der Waals surface area contributed by atoms with Crippen molar-refractivity contribution in [3.05, 3.63) is 58.6 Å². The van der Waals surface area contributed by atoms with Crippen LogP contribution in [0, 0.1) is 5.92 Å². The molecule has 8 nitrogen and oxygen atoms in total. The summed E-state index contributed by atoms with van der Waals surface area (Å²) in [6, 6.07) is 10.5. The molecule has 2 aromatic carbocycles. The first kappa shape index (κ1) is 20.5. The predicted octanol–water partition coefficient (Wildman–Crippen LogP) is 2.26. The molecule has 2 aliphatic heterocycles. The molecule has 0 radical (unpaired) electrons. The predicted molar refractivity (Wildman–Crippen MR) is 110 cm³/mol. The molecule has 0 saturated carbocycles. The number of hydrogen-bond acceptors (Lipinski definition) is 5. The average molecular weight is 448 g/mol. The Labute approximate surface area is 178 Å². The van der Waals surface area contributed by atoms with Crippen LogP contribution in [0.4, 0.5) is 5.69 Å². The van der Waals surface area contributed by atoms with E-state index in [-0.39, 0.29) is 40.9 Å². The second kappa shape index (κ2) is 7.82. The minimum absolute atomic E-state index is 0.167. The molecule has 156 valence electrons. The standard InChI is InChI=1S/C20H18ClN3O5S/c21-13-1-4-15(5-2-13)30(28,29)24-9-7-12(8-10-24)18(25)22-14-3-6-16-17(11-14)20(27)23-19(16)26/h1-6,11-12H,7-10H2,(H,22,25)(H,23,26,27). The molecule has 2 aliphatic rings. The molecule has 0 unspecified atom stereocenters. The highest BCUT2D eigenvalue weighted by Gasteiger charge is 2.32. The van der Waals surface area contributed by atoms with Crippen molar-refractivity contribution < 1.29 is 22.8 Å². The van der Waals surface area contributed by atoms with Gasteiger partial charge in [-0.15, -0.1) is 0 Å². The molecule has 4 rings (SSSR count). The second-order valence-electron chi connectivity index (χ2n) is 7.17. The van der Waals surface area contributed by atoms with Crippen molar-refractivity contribution in [3.8, 4) is 0 Å². The Morgan fingerprint density at radius 2 is 1.63 bits per heavy atom. The Kier molecular flexibility index (Phi) is 5.35. The van der Waals surface area contributed by atoms with Gasteiger partial charge in [0, 0.05) is 29.7 Å². The van der Waals surface area contributed by atoms with Gasteiger partial charge in [0.05, 0.1) is 16.0 Å². The molecule has 3 amide bonds. The molecular formula is C20H18ClN3O5S. The van der Waals surface area contributed by atoms with Gasteiger partial charge in [0.15, 0.2) is 0 Å². The number of nitrogens with zero attached hydrogens (tertiary/aromatic N) is 1. The third-order valence-electron chi connectivity index (χ3n) is 5.28. The van der Waals surface area contributed by atoms with E-state index in [9.17, 15) is 22.8 Å². The molecular weight excluding hydrogens is 430 g/mol. The number of piperidine rings is 1. The monoisotopic (exact) mass is 447 g/mol. The maximum atomic E-state index is 12.7. The lowest BCUT2D eigenvalue weighted by Gasteiger charge is -2.30. The van der Waals surface area contributed by atoms with E-state index in [1.54, 1.807) is 6.07 Å². The van der Waals surface area contributed by atoms with E-state index in [1.807, 2.05) is 0 Å². The third-order valence-corrected chi connectivity index (χ3v) is 7.44. The third kappa shape index (κ3) is 3.83. The molecule has 10 heteroatoms. The fourth-order valence-corrected chi connectivity index (χ4v) is 5.20. The fraction of sp³-hybridized carbons (Fsp3) is 0.250. The summed E-state index contributed by atoms with van der Waals surface area (Å²) in [6.07, 6.45) is 0.755. The first-order chi connectivity index (χ1) is 14.3. The molecule has 30 heavy (non-hydrogen) atoms. The van der Waals surface area contributed by atoms with Gasteiger partial charge in [-0.05, 0) is 55.3 Å². The average Bonchev–Trinajstić information content (AvgIpc) is 3.01. The van der Waals surface area contributed by atoms with Gasteiger partial charge in [-0.25, -0.2) is 8.42 Å². The molecule has 1 fully saturated rings. The van der Waals surface area contributed by atoms with E-state index < -0.39 is 21.8 Å². The molecule has 1 saturated heterocycles. The zero-order valence-corrected chi connectivity index (χ0v) is 17.3. The highest BCUT2D eigenvalue weighted by molar-refractivity contribution is 7.89. The van der Waals surface area contributed by atoms with Crippen molar-refractivity contribution >= 4 is 45.0 Å². The second-order valence-corrected chi connectivity index (χ2v) is 9.54. The van der Waals surface area contributed by atoms with Gasteiger partial charge in [0.25, 0.3) is 11.8 Å². The highest BCUT2D eigenvalue weighted by atomic mass is 35.5. The molecule has 2 N–H and O–H groups in total. The summed E-state index contributed by atoms with van der Waals surface area (Å²) in [5.41, 5.74) is 0.917. The number of amides is 3. The Morgan fingerprint density at radius 3 is 2.30 bits per heavy atom. The van der Waals surface area contributed by atoms with Crippen molar-refractivity contribution in [3.63, 3.8) is 0 Å². The summed E-state index contributed by atoms with van der Waals surface area (Å²) in [6.45, 7) is 0.453. The number of fused-ring (bicyclic) bond motifs is 1. The largest absolute Gasteiger partial charge is 0.326 e. The van der Waals surface area contributed by atoms with Gasteiger partial charge in [0.1, 0.15) is 0 Å². The lowest BCUT2D eigenvalue weighted by atomic mass is 9.97. The smallest absolute Gasteiger partial charge is 0.259 e. The summed E-state index contributed by atoms with van der Waals surface area (Å²) >= 11 is 5.82. The van der Waals surface area contributed by atoms with Crippen LogP contribution in [0.25, 0.3) is 0 Å². The van der Waals surface area contributed by atoms with Crippen molar-refractivity contribution in [2.75, 3.05) is 18.4 Å². The molecule has 2 heterocycles. The number of carbonyl (C=O) groups is 3. The van der Waals surface area contributed by atoms with Gasteiger partial charge >= 0.3 is 0 Å². The molecule has 0 spiro atoms. The van der Waals surface area contributed by atoms with Crippen LogP contribution in [0.2, 0.25) is 5.02 Å². The summed E-state index contributed by atoms with van der Waals surface area (Å²) < 4.78 is 26.9. The van der Waals surface area contributed by atoms with Crippen molar-refractivity contribution in [2.45, 2.75) is 17.7 Å². The minimum atomic E-state index is -3.64. The SMILES string of the molecule is O=C1NC(=O)c2cc(NC(=O)C3CCN(S(=O)(=O)c4ccc(Cl)cc4)CC3)ccc21. The number of anilines is 1. The Balaban J connectivity index is 1.39. The molecule has 0 atom stereocenters. The minimum Gasteiger partial charge on any atom is -0.326 e. The van der Waals surface area contributed by atoms with E-state index in [0.29, 0.717) is 23.6 Å².